The van der Waals surface area contributed by atoms with E-state index >= 15 is 0 Å². The van der Waals surface area contributed by atoms with E-state index in [0.29, 0.717) is 69.5 Å². The lowest BCUT2D eigenvalue weighted by molar-refractivity contribution is -0.138. The molecule has 0 saturated heterocycles. The van der Waals surface area contributed by atoms with Gasteiger partial charge in [0.15, 0.2) is 0 Å². The fourth-order valence-corrected chi connectivity index (χ4v) is 8.72. The summed E-state index contributed by atoms with van der Waals surface area (Å²) in [7, 11) is 0. The van der Waals surface area contributed by atoms with Gasteiger partial charge in [-0.1, -0.05) is 105 Å². The average molecular weight is 847 g/mol. The molecular weight excluding hydrogens is 785 g/mol. The van der Waals surface area contributed by atoms with E-state index in [1.807, 2.05) is 24.3 Å². The van der Waals surface area contributed by atoms with Crippen LogP contribution in [-0.4, -0.2) is 61.9 Å². The van der Waals surface area contributed by atoms with Gasteiger partial charge in [-0.3, -0.25) is 9.59 Å². The Hall–Kier alpha value is -5.38. The maximum atomic E-state index is 13.9. The average Bonchev–Trinajstić information content (AvgIpc) is 3.27. The number of fused-ring (bicyclic) bond motifs is 3. The normalized spacial score (nSPS) is 15.1. The molecule has 0 amide bonds. The molecule has 330 valence electrons. The molecule has 0 atom stereocenters. The van der Waals surface area contributed by atoms with Gasteiger partial charge in [-0.15, -0.1) is 0 Å². The molecule has 0 aliphatic heterocycles. The molecule has 0 N–H and O–H groups in total. The van der Waals surface area contributed by atoms with Crippen molar-refractivity contribution in [1.82, 2.24) is 0 Å². The third-order valence-corrected chi connectivity index (χ3v) is 12.2. The molecule has 10 nitrogen and oxygen atoms in total. The molecule has 62 heavy (non-hydrogen) atoms. The van der Waals surface area contributed by atoms with Crippen LogP contribution in [0, 0.1) is 0 Å². The van der Waals surface area contributed by atoms with Gasteiger partial charge in [0.25, 0.3) is 0 Å². The van der Waals surface area contributed by atoms with Gasteiger partial charge in [0.05, 0.1) is 60.5 Å². The van der Waals surface area contributed by atoms with Gasteiger partial charge in [-0.05, 0) is 118 Å². The van der Waals surface area contributed by atoms with Gasteiger partial charge in [0, 0.05) is 0 Å². The molecule has 0 heterocycles. The summed E-state index contributed by atoms with van der Waals surface area (Å²) in [6.45, 7) is 9.30. The predicted octanol–water partition coefficient (Wildman–Crippen LogP) is 11.7. The van der Waals surface area contributed by atoms with Gasteiger partial charge < -0.3 is 18.9 Å². The highest BCUT2D eigenvalue weighted by molar-refractivity contribution is 6.45. The number of unbranched alkanes of at least 4 members (excludes halogenated alkanes) is 12. The Labute approximate surface area is 365 Å². The zero-order chi connectivity index (χ0) is 44.2. The van der Waals surface area contributed by atoms with E-state index in [9.17, 15) is 28.8 Å². The van der Waals surface area contributed by atoms with E-state index in [2.05, 4.69) is 27.7 Å². The van der Waals surface area contributed by atoms with Crippen LogP contribution in [0.15, 0.2) is 48.5 Å². The van der Waals surface area contributed by atoms with Crippen molar-refractivity contribution in [2.24, 2.45) is 0 Å². The van der Waals surface area contributed by atoms with Crippen LogP contribution in [0.3, 0.4) is 0 Å². The molecule has 0 saturated carbocycles. The van der Waals surface area contributed by atoms with Crippen LogP contribution in [0.25, 0.3) is 21.5 Å². The maximum absolute atomic E-state index is 13.9. The van der Waals surface area contributed by atoms with Crippen molar-refractivity contribution in [3.8, 4) is 0 Å². The van der Waals surface area contributed by atoms with Gasteiger partial charge >= 0.3 is 23.9 Å². The van der Waals surface area contributed by atoms with E-state index in [-0.39, 0.29) is 48.7 Å². The molecule has 3 aliphatic rings. The van der Waals surface area contributed by atoms with E-state index in [4.69, 9.17) is 18.9 Å². The Morgan fingerprint density at radius 2 is 0.581 bits per heavy atom. The van der Waals surface area contributed by atoms with Crippen molar-refractivity contribution < 1.29 is 47.7 Å². The van der Waals surface area contributed by atoms with E-state index in [1.165, 1.54) is 0 Å². The first-order valence-corrected chi connectivity index (χ1v) is 23.1. The lowest BCUT2D eigenvalue weighted by atomic mass is 9.62. The zero-order valence-electron chi connectivity index (χ0n) is 37.0. The molecule has 4 aromatic carbocycles. The number of hydrogen-bond acceptors (Lipinski definition) is 10. The first kappa shape index (κ1) is 46.1. The van der Waals surface area contributed by atoms with E-state index < -0.39 is 47.3 Å². The van der Waals surface area contributed by atoms with E-state index in [1.54, 1.807) is 24.3 Å². The van der Waals surface area contributed by atoms with Crippen LogP contribution < -0.4 is 0 Å². The van der Waals surface area contributed by atoms with Crippen molar-refractivity contribution in [2.45, 2.75) is 142 Å². The van der Waals surface area contributed by atoms with Crippen LogP contribution in [0.5, 0.6) is 0 Å². The van der Waals surface area contributed by atoms with Crippen LogP contribution >= 0.6 is 0 Å². The lowest BCUT2D eigenvalue weighted by Gasteiger charge is -2.38. The summed E-state index contributed by atoms with van der Waals surface area (Å²) in [5, 5.41) is 2.44. The minimum atomic E-state index is -0.935. The number of ketones is 2. The Kier molecular flexibility index (Phi) is 16.5. The summed E-state index contributed by atoms with van der Waals surface area (Å²) in [5.74, 6) is -5.46. The van der Waals surface area contributed by atoms with Crippen molar-refractivity contribution in [2.75, 3.05) is 26.4 Å². The van der Waals surface area contributed by atoms with Crippen LogP contribution in [0.2, 0.25) is 0 Å². The second-order valence-corrected chi connectivity index (χ2v) is 16.8. The second-order valence-electron chi connectivity index (χ2n) is 16.8. The molecule has 0 unspecified atom stereocenters. The highest BCUT2D eigenvalue weighted by atomic mass is 16.5. The number of rotatable bonds is 24. The molecule has 2 bridgehead atoms. The van der Waals surface area contributed by atoms with E-state index in [0.717, 1.165) is 77.0 Å². The first-order valence-electron chi connectivity index (χ1n) is 23.1. The number of esters is 4. The molecule has 0 radical (unpaired) electrons. The van der Waals surface area contributed by atoms with Crippen molar-refractivity contribution in [1.29, 1.82) is 0 Å². The molecule has 0 fully saturated rings. The maximum Gasteiger partial charge on any atom is 0.339 e. The zero-order valence-corrected chi connectivity index (χ0v) is 37.0. The van der Waals surface area contributed by atoms with Gasteiger partial charge in [0.1, 0.15) is 0 Å². The highest BCUT2D eigenvalue weighted by Gasteiger charge is 2.49. The summed E-state index contributed by atoms with van der Waals surface area (Å²) >= 11 is 0. The topological polar surface area (TPSA) is 139 Å². The standard InChI is InChI=1S/C52H62O10/c1-5-9-13-17-21-59-49(55)41-29-33-25-37-38(26-34(33)30-42(41)50(56)60-22-18-14-10-6-2)46-40-28-36-32-44(52(58)62-24-20-16-12-8-4)43(51(57)61-23-19-15-11-7-3)31-35(36)27-39(40)45(37)47(53)48(46)54/h25-32,45-46H,5-24H2,1-4H3. The first-order chi connectivity index (χ1) is 30.1. The third kappa shape index (κ3) is 10.4. The number of carbonyl (C=O) groups excluding carboxylic acids is 6. The largest absolute Gasteiger partial charge is 0.462 e. The Morgan fingerprint density at radius 1 is 0.355 bits per heavy atom. The van der Waals surface area contributed by atoms with Gasteiger partial charge in [-0.25, -0.2) is 19.2 Å². The highest BCUT2D eigenvalue weighted by Crippen LogP contribution is 2.51. The molecule has 7 rings (SSSR count). The summed E-state index contributed by atoms with van der Waals surface area (Å²) < 4.78 is 22.7. The van der Waals surface area contributed by atoms with Crippen molar-refractivity contribution in [3.05, 3.63) is 93.0 Å². The van der Waals surface area contributed by atoms with Crippen molar-refractivity contribution >= 4 is 57.0 Å². The fraction of sp³-hybridized carbons (Fsp3) is 0.500. The molecule has 0 aromatic heterocycles. The fourth-order valence-electron chi connectivity index (χ4n) is 8.72. The van der Waals surface area contributed by atoms with Crippen molar-refractivity contribution in [3.63, 3.8) is 0 Å². The van der Waals surface area contributed by atoms with Gasteiger partial charge in [0.2, 0.25) is 11.6 Å². The molecular formula is C52H62O10. The summed E-state index contributed by atoms with van der Waals surface area (Å²) in [5.41, 5.74) is 2.89. The molecule has 0 spiro atoms. The second kappa shape index (κ2) is 22.1. The Morgan fingerprint density at radius 3 is 0.790 bits per heavy atom. The summed E-state index contributed by atoms with van der Waals surface area (Å²) in [4.78, 5) is 82.2. The third-order valence-electron chi connectivity index (χ3n) is 12.2. The smallest absolute Gasteiger partial charge is 0.339 e. The van der Waals surface area contributed by atoms with Crippen LogP contribution in [-0.2, 0) is 28.5 Å². The summed E-state index contributed by atoms with van der Waals surface area (Å²) in [6, 6.07) is 13.8. The van der Waals surface area contributed by atoms with Crippen LogP contribution in [0.4, 0.5) is 0 Å². The SMILES string of the molecule is CCCCCCOC(=O)c1cc2cc3c(cc2cc1C(=O)OCCCCCC)C1C(=O)C(=O)C3c2cc3cc(C(=O)OCCCCCC)c(C(=O)OCCCCCC)cc3cc21. The minimum absolute atomic E-state index is 0.0846. The molecule has 10 heteroatoms. The number of ether oxygens (including phenoxy) is 4. The lowest BCUT2D eigenvalue weighted by Crippen LogP contribution is -2.40. The number of benzene rings is 4. The number of Topliss-reactive ketones (excluding diaryl/α,β-unsaturated/α-hetero) is 2. The number of carbonyl (C=O) groups is 6. The van der Waals surface area contributed by atoms with Gasteiger partial charge in [-0.2, -0.15) is 0 Å². The monoisotopic (exact) mass is 846 g/mol. The Balaban J connectivity index is 1.39. The summed E-state index contributed by atoms with van der Waals surface area (Å²) in [6.07, 6.45) is 14.8. The minimum Gasteiger partial charge on any atom is -0.462 e. The molecule has 4 aromatic rings. The quantitative estimate of drug-likeness (QED) is 0.0290. The van der Waals surface area contributed by atoms with Crippen LogP contribution in [0.1, 0.15) is 206 Å². The predicted molar refractivity (Wildman–Crippen MR) is 239 cm³/mol. The number of hydrogen-bond donors (Lipinski definition) is 0. The molecule has 3 aliphatic carbocycles. The Bertz CT molecular complexity index is 2000.